The first-order chi connectivity index (χ1) is 10.7. The molecule has 0 saturated carbocycles. The summed E-state index contributed by atoms with van der Waals surface area (Å²) in [5.74, 6) is 0.203. The molecule has 1 amide bonds. The van der Waals surface area contributed by atoms with Crippen LogP contribution < -0.4 is 0 Å². The summed E-state index contributed by atoms with van der Waals surface area (Å²) >= 11 is 5.88. The first-order valence-electron chi connectivity index (χ1n) is 7.55. The quantitative estimate of drug-likeness (QED) is 0.871. The highest BCUT2D eigenvalue weighted by atomic mass is 35.5. The SMILES string of the molecule is O=C(CCCc1ccccc1)N1CCc2nnc(Cl)cc2C1. The molecule has 0 N–H and O–H groups in total. The van der Waals surface area contributed by atoms with Crippen molar-refractivity contribution < 1.29 is 4.79 Å². The van der Waals surface area contributed by atoms with Crippen molar-refractivity contribution in [1.82, 2.24) is 15.1 Å². The highest BCUT2D eigenvalue weighted by Gasteiger charge is 2.21. The Balaban J connectivity index is 1.53. The van der Waals surface area contributed by atoms with E-state index >= 15 is 0 Å². The zero-order valence-electron chi connectivity index (χ0n) is 12.3. The van der Waals surface area contributed by atoms with E-state index in [-0.39, 0.29) is 5.91 Å². The molecule has 3 rings (SSSR count). The molecule has 0 fully saturated rings. The Labute approximate surface area is 135 Å². The lowest BCUT2D eigenvalue weighted by atomic mass is 10.0. The molecule has 2 heterocycles. The fourth-order valence-electron chi connectivity index (χ4n) is 2.76. The second-order valence-corrected chi connectivity index (χ2v) is 5.93. The van der Waals surface area contributed by atoms with E-state index in [0.717, 1.165) is 30.5 Å². The molecule has 114 valence electrons. The zero-order chi connectivity index (χ0) is 15.4. The Kier molecular flexibility index (Phi) is 4.68. The zero-order valence-corrected chi connectivity index (χ0v) is 13.1. The number of aromatic nitrogens is 2. The lowest BCUT2D eigenvalue weighted by Gasteiger charge is -2.28. The predicted molar refractivity (Wildman–Crippen MR) is 85.5 cm³/mol. The lowest BCUT2D eigenvalue weighted by Crippen LogP contribution is -2.36. The summed E-state index contributed by atoms with van der Waals surface area (Å²) in [6.07, 6.45) is 3.15. The van der Waals surface area contributed by atoms with Gasteiger partial charge in [-0.25, -0.2) is 0 Å². The van der Waals surface area contributed by atoms with Crippen LogP contribution in [0.2, 0.25) is 5.15 Å². The average molecular weight is 316 g/mol. The molecule has 0 aliphatic carbocycles. The number of hydrogen-bond acceptors (Lipinski definition) is 3. The fraction of sp³-hybridized carbons (Fsp3) is 0.353. The van der Waals surface area contributed by atoms with E-state index in [1.807, 2.05) is 29.2 Å². The van der Waals surface area contributed by atoms with Crippen molar-refractivity contribution in [1.29, 1.82) is 0 Å². The second-order valence-electron chi connectivity index (χ2n) is 5.54. The minimum absolute atomic E-state index is 0.203. The Morgan fingerprint density at radius 2 is 2.05 bits per heavy atom. The average Bonchev–Trinajstić information content (AvgIpc) is 2.55. The third kappa shape index (κ3) is 3.63. The number of rotatable bonds is 4. The van der Waals surface area contributed by atoms with Gasteiger partial charge in [0.2, 0.25) is 5.91 Å². The molecule has 1 aliphatic heterocycles. The molecule has 0 atom stereocenters. The molecule has 1 aliphatic rings. The molecule has 0 radical (unpaired) electrons. The number of nitrogens with zero attached hydrogens (tertiary/aromatic N) is 3. The van der Waals surface area contributed by atoms with Gasteiger partial charge < -0.3 is 4.90 Å². The van der Waals surface area contributed by atoms with Gasteiger partial charge in [0.05, 0.1) is 5.69 Å². The van der Waals surface area contributed by atoms with E-state index in [1.165, 1.54) is 5.56 Å². The largest absolute Gasteiger partial charge is 0.338 e. The molecule has 0 unspecified atom stereocenters. The molecular weight excluding hydrogens is 298 g/mol. The minimum atomic E-state index is 0.203. The van der Waals surface area contributed by atoms with Crippen LogP contribution in [0, 0.1) is 0 Å². The second kappa shape index (κ2) is 6.88. The fourth-order valence-corrected chi connectivity index (χ4v) is 2.93. The number of aryl methyl sites for hydroxylation is 1. The van der Waals surface area contributed by atoms with Gasteiger partial charge in [0.15, 0.2) is 5.15 Å². The number of carbonyl (C=O) groups excluding carboxylic acids is 1. The first-order valence-corrected chi connectivity index (χ1v) is 7.93. The van der Waals surface area contributed by atoms with Crippen LogP contribution in [0.15, 0.2) is 36.4 Å². The molecule has 5 heteroatoms. The molecule has 4 nitrogen and oxygen atoms in total. The van der Waals surface area contributed by atoms with Crippen molar-refractivity contribution in [3.8, 4) is 0 Å². The number of fused-ring (bicyclic) bond motifs is 1. The summed E-state index contributed by atoms with van der Waals surface area (Å²) in [7, 11) is 0. The van der Waals surface area contributed by atoms with Crippen LogP contribution in [0.3, 0.4) is 0 Å². The van der Waals surface area contributed by atoms with Crippen LogP contribution in [0.4, 0.5) is 0 Å². The molecule has 0 bridgehead atoms. The van der Waals surface area contributed by atoms with Crippen LogP contribution in [0.25, 0.3) is 0 Å². The smallest absolute Gasteiger partial charge is 0.222 e. The maximum absolute atomic E-state index is 12.3. The highest BCUT2D eigenvalue weighted by Crippen LogP contribution is 2.20. The van der Waals surface area contributed by atoms with E-state index in [1.54, 1.807) is 0 Å². The Morgan fingerprint density at radius 1 is 1.23 bits per heavy atom. The molecule has 0 saturated heterocycles. The molecule has 2 aromatic rings. The maximum atomic E-state index is 12.3. The molecule has 1 aromatic carbocycles. The number of halogens is 1. The molecule has 1 aromatic heterocycles. The van der Waals surface area contributed by atoms with Gasteiger partial charge in [-0.15, -0.1) is 5.10 Å². The van der Waals surface area contributed by atoms with Crippen LogP contribution in [-0.4, -0.2) is 27.5 Å². The summed E-state index contributed by atoms with van der Waals surface area (Å²) < 4.78 is 0. The van der Waals surface area contributed by atoms with Gasteiger partial charge in [-0.1, -0.05) is 41.9 Å². The van der Waals surface area contributed by atoms with Crippen molar-refractivity contribution in [3.05, 3.63) is 58.4 Å². The van der Waals surface area contributed by atoms with Gasteiger partial charge in [-0.05, 0) is 30.0 Å². The van der Waals surface area contributed by atoms with Crippen molar-refractivity contribution in [2.24, 2.45) is 0 Å². The lowest BCUT2D eigenvalue weighted by molar-refractivity contribution is -0.132. The number of benzene rings is 1. The van der Waals surface area contributed by atoms with Crippen molar-refractivity contribution >= 4 is 17.5 Å². The van der Waals surface area contributed by atoms with Crippen LogP contribution >= 0.6 is 11.6 Å². The normalized spacial score (nSPS) is 13.8. The predicted octanol–water partition coefficient (Wildman–Crippen LogP) is 3.04. The van der Waals surface area contributed by atoms with Crippen LogP contribution in [-0.2, 0) is 24.2 Å². The third-order valence-electron chi connectivity index (χ3n) is 3.96. The number of hydrogen-bond donors (Lipinski definition) is 0. The van der Waals surface area contributed by atoms with Crippen molar-refractivity contribution in [2.45, 2.75) is 32.2 Å². The van der Waals surface area contributed by atoms with Gasteiger partial charge in [-0.3, -0.25) is 4.79 Å². The van der Waals surface area contributed by atoms with E-state index in [4.69, 9.17) is 11.6 Å². The van der Waals surface area contributed by atoms with E-state index < -0.39 is 0 Å². The summed E-state index contributed by atoms with van der Waals surface area (Å²) in [5.41, 5.74) is 3.25. The van der Waals surface area contributed by atoms with E-state index in [0.29, 0.717) is 24.7 Å². The van der Waals surface area contributed by atoms with E-state index in [9.17, 15) is 4.79 Å². The van der Waals surface area contributed by atoms with Gasteiger partial charge in [0.1, 0.15) is 0 Å². The summed E-state index contributed by atoms with van der Waals surface area (Å²) in [5, 5.41) is 8.34. The minimum Gasteiger partial charge on any atom is -0.338 e. The summed E-state index contributed by atoms with van der Waals surface area (Å²) in [6.45, 7) is 1.31. The molecule has 0 spiro atoms. The monoisotopic (exact) mass is 315 g/mol. The third-order valence-corrected chi connectivity index (χ3v) is 4.15. The Hall–Kier alpha value is -1.94. The first kappa shape index (κ1) is 15.0. The van der Waals surface area contributed by atoms with Crippen molar-refractivity contribution in [3.63, 3.8) is 0 Å². The number of amides is 1. The number of carbonyl (C=O) groups is 1. The maximum Gasteiger partial charge on any atom is 0.222 e. The van der Waals surface area contributed by atoms with Crippen LogP contribution in [0.5, 0.6) is 0 Å². The molecular formula is C17H18ClN3O. The Bertz CT molecular complexity index is 660. The summed E-state index contributed by atoms with van der Waals surface area (Å²) in [4.78, 5) is 14.2. The van der Waals surface area contributed by atoms with Gasteiger partial charge in [0, 0.05) is 25.9 Å². The highest BCUT2D eigenvalue weighted by molar-refractivity contribution is 6.29. The molecule has 22 heavy (non-hydrogen) atoms. The van der Waals surface area contributed by atoms with Crippen molar-refractivity contribution in [2.75, 3.05) is 6.54 Å². The van der Waals surface area contributed by atoms with Gasteiger partial charge in [-0.2, -0.15) is 5.10 Å². The Morgan fingerprint density at radius 3 is 2.86 bits per heavy atom. The standard InChI is InChI=1S/C17H18ClN3O/c18-16-11-14-12-21(10-9-15(14)19-20-16)17(22)8-4-7-13-5-2-1-3-6-13/h1-3,5-6,11H,4,7-10,12H2. The van der Waals surface area contributed by atoms with Crippen LogP contribution in [0.1, 0.15) is 29.7 Å². The topological polar surface area (TPSA) is 46.1 Å². The van der Waals surface area contributed by atoms with Gasteiger partial charge in [0.25, 0.3) is 0 Å². The summed E-state index contributed by atoms with van der Waals surface area (Å²) in [6, 6.07) is 12.1. The van der Waals surface area contributed by atoms with Gasteiger partial charge >= 0.3 is 0 Å². The van der Waals surface area contributed by atoms with E-state index in [2.05, 4.69) is 22.3 Å².